The van der Waals surface area contributed by atoms with Gasteiger partial charge in [-0.2, -0.15) is 0 Å². The fourth-order valence-corrected chi connectivity index (χ4v) is 4.70. The number of piperidine rings is 1. The minimum absolute atomic E-state index is 0.162. The first kappa shape index (κ1) is 22.9. The molecule has 1 saturated heterocycles. The summed E-state index contributed by atoms with van der Waals surface area (Å²) >= 11 is 0. The SMILES string of the molecule is COc1ccc(CN2CCC[C@@H]([C@@H](NC(=O)c3ccccn3)c3ccccn3)C2)c(C)c1C. The van der Waals surface area contributed by atoms with Gasteiger partial charge in [-0.1, -0.05) is 18.2 Å². The van der Waals surface area contributed by atoms with Crippen molar-refractivity contribution in [1.82, 2.24) is 20.2 Å². The summed E-state index contributed by atoms with van der Waals surface area (Å²) in [6.45, 7) is 7.11. The summed E-state index contributed by atoms with van der Waals surface area (Å²) < 4.78 is 5.48. The first-order valence-electron chi connectivity index (χ1n) is 11.5. The second-order valence-corrected chi connectivity index (χ2v) is 8.74. The maximum absolute atomic E-state index is 13.0. The molecule has 3 aromatic rings. The molecule has 0 saturated carbocycles. The number of methoxy groups -OCH3 is 1. The van der Waals surface area contributed by atoms with Crippen LogP contribution in [0.3, 0.4) is 0 Å². The lowest BCUT2D eigenvalue weighted by Crippen LogP contribution is -2.43. The lowest BCUT2D eigenvalue weighted by atomic mass is 9.87. The van der Waals surface area contributed by atoms with Crippen molar-refractivity contribution in [1.29, 1.82) is 0 Å². The van der Waals surface area contributed by atoms with Crippen LogP contribution in [0.2, 0.25) is 0 Å². The van der Waals surface area contributed by atoms with Crippen LogP contribution in [0.15, 0.2) is 60.9 Å². The topological polar surface area (TPSA) is 67.3 Å². The highest BCUT2D eigenvalue weighted by Gasteiger charge is 2.31. The van der Waals surface area contributed by atoms with Gasteiger partial charge in [0.05, 0.1) is 18.8 Å². The van der Waals surface area contributed by atoms with Crippen molar-refractivity contribution in [3.05, 3.63) is 89.0 Å². The highest BCUT2D eigenvalue weighted by atomic mass is 16.5. The quantitative estimate of drug-likeness (QED) is 0.582. The molecule has 1 fully saturated rings. The van der Waals surface area contributed by atoms with Crippen LogP contribution in [0.1, 0.15) is 51.8 Å². The average Bonchev–Trinajstić information content (AvgIpc) is 2.86. The Kier molecular flexibility index (Phi) is 7.35. The minimum atomic E-state index is -0.165. The van der Waals surface area contributed by atoms with Gasteiger partial charge in [-0.3, -0.25) is 19.7 Å². The molecule has 1 aromatic carbocycles. The highest BCUT2D eigenvalue weighted by Crippen LogP contribution is 2.31. The average molecular weight is 445 g/mol. The van der Waals surface area contributed by atoms with Gasteiger partial charge >= 0.3 is 0 Å². The van der Waals surface area contributed by atoms with Crippen molar-refractivity contribution in [3.63, 3.8) is 0 Å². The fraction of sp³-hybridized carbons (Fsp3) is 0.370. The van der Waals surface area contributed by atoms with Crippen LogP contribution < -0.4 is 10.1 Å². The van der Waals surface area contributed by atoms with Gasteiger partial charge in [-0.25, -0.2) is 0 Å². The van der Waals surface area contributed by atoms with Gasteiger partial charge in [0.25, 0.3) is 5.91 Å². The van der Waals surface area contributed by atoms with Crippen LogP contribution in [-0.2, 0) is 6.54 Å². The number of nitrogens with one attached hydrogen (secondary N) is 1. The molecular weight excluding hydrogens is 412 g/mol. The molecule has 1 aliphatic heterocycles. The molecule has 0 aliphatic carbocycles. The number of aromatic nitrogens is 2. The largest absolute Gasteiger partial charge is 0.496 e. The Morgan fingerprint density at radius 2 is 1.88 bits per heavy atom. The maximum Gasteiger partial charge on any atom is 0.270 e. The minimum Gasteiger partial charge on any atom is -0.496 e. The number of nitrogens with zero attached hydrogens (tertiary/aromatic N) is 3. The van der Waals surface area contributed by atoms with Crippen molar-refractivity contribution in [3.8, 4) is 5.75 Å². The molecule has 0 spiro atoms. The smallest absolute Gasteiger partial charge is 0.270 e. The Morgan fingerprint density at radius 3 is 2.58 bits per heavy atom. The molecular formula is C27H32N4O2. The van der Waals surface area contributed by atoms with E-state index in [1.807, 2.05) is 30.3 Å². The molecule has 6 heteroatoms. The predicted molar refractivity (Wildman–Crippen MR) is 129 cm³/mol. The van der Waals surface area contributed by atoms with E-state index < -0.39 is 0 Å². The van der Waals surface area contributed by atoms with Crippen molar-refractivity contribution in [2.45, 2.75) is 39.3 Å². The molecule has 4 rings (SSSR count). The summed E-state index contributed by atoms with van der Waals surface area (Å²) in [7, 11) is 1.72. The van der Waals surface area contributed by atoms with E-state index in [1.54, 1.807) is 25.6 Å². The number of hydrogen-bond donors (Lipinski definition) is 1. The van der Waals surface area contributed by atoms with Gasteiger partial charge in [-0.15, -0.1) is 0 Å². The molecule has 2 atom stereocenters. The maximum atomic E-state index is 13.0. The normalized spacial score (nSPS) is 17.4. The first-order chi connectivity index (χ1) is 16.1. The monoisotopic (exact) mass is 444 g/mol. The number of ether oxygens (including phenoxy) is 1. The Morgan fingerprint density at radius 1 is 1.09 bits per heavy atom. The summed E-state index contributed by atoms with van der Waals surface area (Å²) in [4.78, 5) is 24.3. The predicted octanol–water partition coefficient (Wildman–Crippen LogP) is 4.49. The molecule has 3 heterocycles. The zero-order valence-electron chi connectivity index (χ0n) is 19.6. The Labute approximate surface area is 196 Å². The summed E-state index contributed by atoms with van der Waals surface area (Å²) in [6, 6.07) is 15.3. The van der Waals surface area contributed by atoms with Crippen LogP contribution >= 0.6 is 0 Å². The summed E-state index contributed by atoms with van der Waals surface area (Å²) in [5.41, 5.74) is 5.11. The van der Waals surface area contributed by atoms with Gasteiger partial charge in [-0.05, 0) is 86.2 Å². The highest BCUT2D eigenvalue weighted by molar-refractivity contribution is 5.92. The lowest BCUT2D eigenvalue weighted by molar-refractivity contribution is 0.0870. The third-order valence-electron chi connectivity index (χ3n) is 6.67. The molecule has 1 N–H and O–H groups in total. The van der Waals surface area contributed by atoms with Crippen LogP contribution in [-0.4, -0.2) is 41.0 Å². The standard InChI is InChI=1S/C27H32N4O2/c1-19-20(2)25(33-3)13-12-21(19)17-31-16-8-9-22(18-31)26(23-10-4-6-14-28-23)30-27(32)24-11-5-7-15-29-24/h4-7,10-15,22,26H,8-9,16-18H2,1-3H3,(H,30,32)/t22-,26-/m1/s1. The first-order valence-corrected chi connectivity index (χ1v) is 11.5. The van der Waals surface area contributed by atoms with Crippen molar-refractivity contribution in [2.24, 2.45) is 5.92 Å². The van der Waals surface area contributed by atoms with E-state index in [-0.39, 0.29) is 17.9 Å². The van der Waals surface area contributed by atoms with E-state index >= 15 is 0 Å². The third-order valence-corrected chi connectivity index (χ3v) is 6.67. The lowest BCUT2D eigenvalue weighted by Gasteiger charge is -2.37. The van der Waals surface area contributed by atoms with Gasteiger partial charge in [0.2, 0.25) is 0 Å². The molecule has 2 aromatic heterocycles. The zero-order chi connectivity index (χ0) is 23.2. The Hall–Kier alpha value is -3.25. The molecule has 33 heavy (non-hydrogen) atoms. The van der Waals surface area contributed by atoms with Crippen LogP contribution in [0.4, 0.5) is 0 Å². The molecule has 172 valence electrons. The summed E-state index contributed by atoms with van der Waals surface area (Å²) in [5.74, 6) is 1.03. The Bertz CT molecular complexity index is 1070. The van der Waals surface area contributed by atoms with Crippen LogP contribution in [0, 0.1) is 19.8 Å². The van der Waals surface area contributed by atoms with E-state index in [9.17, 15) is 4.79 Å². The van der Waals surface area contributed by atoms with E-state index in [0.29, 0.717) is 5.69 Å². The second kappa shape index (κ2) is 10.6. The number of carbonyl (C=O) groups is 1. The van der Waals surface area contributed by atoms with Gasteiger partial charge in [0, 0.05) is 25.5 Å². The van der Waals surface area contributed by atoms with E-state index in [4.69, 9.17) is 4.74 Å². The van der Waals surface area contributed by atoms with Crippen molar-refractivity contribution < 1.29 is 9.53 Å². The van der Waals surface area contributed by atoms with E-state index in [2.05, 4.69) is 46.2 Å². The van der Waals surface area contributed by atoms with Crippen LogP contribution in [0.5, 0.6) is 5.75 Å². The number of carbonyl (C=O) groups excluding carboxylic acids is 1. The summed E-state index contributed by atoms with van der Waals surface area (Å²) in [6.07, 6.45) is 5.56. The second-order valence-electron chi connectivity index (χ2n) is 8.74. The Balaban J connectivity index is 1.53. The summed E-state index contributed by atoms with van der Waals surface area (Å²) in [5, 5.41) is 3.23. The number of likely N-dealkylation sites (tertiary alicyclic amines) is 1. The van der Waals surface area contributed by atoms with Crippen LogP contribution in [0.25, 0.3) is 0 Å². The molecule has 6 nitrogen and oxygen atoms in total. The number of pyridine rings is 2. The molecule has 0 unspecified atom stereocenters. The van der Waals surface area contributed by atoms with E-state index in [1.165, 1.54) is 16.7 Å². The van der Waals surface area contributed by atoms with Crippen molar-refractivity contribution in [2.75, 3.05) is 20.2 Å². The number of hydrogen-bond acceptors (Lipinski definition) is 5. The third kappa shape index (κ3) is 5.40. The number of rotatable bonds is 7. The number of benzene rings is 1. The van der Waals surface area contributed by atoms with Crippen molar-refractivity contribution >= 4 is 5.91 Å². The number of amides is 1. The van der Waals surface area contributed by atoms with Gasteiger partial charge in [0.1, 0.15) is 11.4 Å². The molecule has 1 amide bonds. The van der Waals surface area contributed by atoms with Gasteiger partial charge in [0.15, 0.2) is 0 Å². The van der Waals surface area contributed by atoms with E-state index in [0.717, 1.165) is 43.9 Å². The fourth-order valence-electron chi connectivity index (χ4n) is 4.70. The molecule has 1 aliphatic rings. The van der Waals surface area contributed by atoms with Gasteiger partial charge < -0.3 is 10.1 Å². The molecule has 0 radical (unpaired) electrons. The molecule has 0 bridgehead atoms. The zero-order valence-corrected chi connectivity index (χ0v) is 19.6.